The molecule has 1 aromatic rings. The van der Waals surface area contributed by atoms with E-state index in [1.165, 1.54) is 5.56 Å². The van der Waals surface area contributed by atoms with Crippen LogP contribution in [0.15, 0.2) is 24.3 Å². The highest BCUT2D eigenvalue weighted by atomic mass is 32.2. The van der Waals surface area contributed by atoms with E-state index in [1.54, 1.807) is 0 Å². The van der Waals surface area contributed by atoms with Crippen molar-refractivity contribution in [1.82, 2.24) is 4.72 Å². The lowest BCUT2D eigenvalue weighted by Crippen LogP contribution is -2.44. The smallest absolute Gasteiger partial charge is 0.212 e. The van der Waals surface area contributed by atoms with Crippen LogP contribution in [0.3, 0.4) is 0 Å². The summed E-state index contributed by atoms with van der Waals surface area (Å²) in [6.45, 7) is 4.47. The third-order valence-electron chi connectivity index (χ3n) is 2.92. The van der Waals surface area contributed by atoms with Crippen molar-refractivity contribution in [2.45, 2.75) is 26.3 Å². The first kappa shape index (κ1) is 13.4. The highest BCUT2D eigenvalue weighted by molar-refractivity contribution is 7.89. The van der Waals surface area contributed by atoms with E-state index >= 15 is 0 Å². The van der Waals surface area contributed by atoms with Crippen LogP contribution >= 0.6 is 0 Å². The van der Waals surface area contributed by atoms with E-state index in [0.29, 0.717) is 6.54 Å². The molecule has 0 aromatic heterocycles. The van der Waals surface area contributed by atoms with Crippen LogP contribution in [0, 0.1) is 5.92 Å². The Hall–Kier alpha value is -1.07. The first-order chi connectivity index (χ1) is 8.46. The molecule has 0 bridgehead atoms. The van der Waals surface area contributed by atoms with Crippen molar-refractivity contribution in [2.75, 3.05) is 17.6 Å². The Balaban J connectivity index is 2.02. The second-order valence-electron chi connectivity index (χ2n) is 5.23. The molecule has 0 aliphatic carbocycles. The van der Waals surface area contributed by atoms with Crippen molar-refractivity contribution in [2.24, 2.45) is 5.92 Å². The zero-order chi connectivity index (χ0) is 13.2. The van der Waals surface area contributed by atoms with Crippen LogP contribution in [0.25, 0.3) is 0 Å². The minimum atomic E-state index is -3.17. The van der Waals surface area contributed by atoms with Gasteiger partial charge in [0.25, 0.3) is 0 Å². The summed E-state index contributed by atoms with van der Waals surface area (Å²) >= 11 is 0. The molecule has 0 amide bonds. The van der Waals surface area contributed by atoms with E-state index in [0.717, 1.165) is 12.1 Å². The maximum Gasteiger partial charge on any atom is 0.212 e. The molecule has 0 spiro atoms. The Bertz CT molecular complexity index is 511. The van der Waals surface area contributed by atoms with Crippen LogP contribution in [-0.2, 0) is 16.4 Å². The molecule has 2 N–H and O–H groups in total. The zero-order valence-corrected chi connectivity index (χ0v) is 11.6. The van der Waals surface area contributed by atoms with Crippen molar-refractivity contribution < 1.29 is 8.42 Å². The molecule has 0 radical (unpaired) electrons. The molecule has 18 heavy (non-hydrogen) atoms. The second-order valence-corrected chi connectivity index (χ2v) is 7.03. The highest BCUT2D eigenvalue weighted by Gasteiger charge is 2.23. The Morgan fingerprint density at radius 2 is 2.11 bits per heavy atom. The van der Waals surface area contributed by atoms with E-state index in [2.05, 4.69) is 10.0 Å². The normalized spacial score (nSPS) is 19.4. The summed E-state index contributed by atoms with van der Waals surface area (Å²) in [6, 6.07) is 7.96. The van der Waals surface area contributed by atoms with E-state index in [4.69, 9.17) is 0 Å². The maximum absolute atomic E-state index is 11.9. The van der Waals surface area contributed by atoms with Crippen LogP contribution in [-0.4, -0.2) is 26.8 Å². The molecule has 5 heteroatoms. The number of para-hydroxylation sites is 1. The van der Waals surface area contributed by atoms with E-state index in [1.807, 2.05) is 38.1 Å². The number of benzene rings is 1. The number of sulfonamides is 1. The number of hydrogen-bond acceptors (Lipinski definition) is 3. The van der Waals surface area contributed by atoms with Crippen LogP contribution in [0.2, 0.25) is 0 Å². The first-order valence-corrected chi connectivity index (χ1v) is 7.93. The fourth-order valence-corrected chi connectivity index (χ4v) is 3.91. The largest absolute Gasteiger partial charge is 0.383 e. The van der Waals surface area contributed by atoms with E-state index in [9.17, 15) is 8.42 Å². The van der Waals surface area contributed by atoms with Crippen molar-refractivity contribution in [3.63, 3.8) is 0 Å². The lowest BCUT2D eigenvalue weighted by molar-refractivity contribution is 0.539. The van der Waals surface area contributed by atoms with Crippen LogP contribution in [0.1, 0.15) is 19.4 Å². The zero-order valence-electron chi connectivity index (χ0n) is 10.8. The molecule has 1 unspecified atom stereocenters. The Kier molecular flexibility index (Phi) is 3.92. The summed E-state index contributed by atoms with van der Waals surface area (Å²) in [5.74, 6) is 0.330. The molecule has 1 aliphatic rings. The monoisotopic (exact) mass is 268 g/mol. The maximum atomic E-state index is 11.9. The summed E-state index contributed by atoms with van der Waals surface area (Å²) in [7, 11) is -3.17. The van der Waals surface area contributed by atoms with Gasteiger partial charge in [0.1, 0.15) is 0 Å². The lowest BCUT2D eigenvalue weighted by atomic mass is 10.0. The topological polar surface area (TPSA) is 58.2 Å². The quantitative estimate of drug-likeness (QED) is 0.872. The summed E-state index contributed by atoms with van der Waals surface area (Å²) in [5.41, 5.74) is 2.28. The second kappa shape index (κ2) is 5.28. The van der Waals surface area contributed by atoms with Gasteiger partial charge in [0.2, 0.25) is 10.0 Å². The molecule has 4 nitrogen and oxygen atoms in total. The van der Waals surface area contributed by atoms with Crippen LogP contribution in [0.5, 0.6) is 0 Å². The predicted molar refractivity (Wildman–Crippen MR) is 74.2 cm³/mol. The summed E-state index contributed by atoms with van der Waals surface area (Å²) in [5, 5.41) is 3.26. The van der Waals surface area contributed by atoms with Gasteiger partial charge in [0.15, 0.2) is 0 Å². The first-order valence-electron chi connectivity index (χ1n) is 6.28. The molecule has 1 heterocycles. The number of fused-ring (bicyclic) bond motifs is 1. The fourth-order valence-electron chi connectivity index (χ4n) is 2.27. The number of nitrogens with one attached hydrogen (secondary N) is 2. The Labute approximate surface area is 109 Å². The summed E-state index contributed by atoms with van der Waals surface area (Å²) < 4.78 is 26.5. The third kappa shape index (κ3) is 3.46. The summed E-state index contributed by atoms with van der Waals surface area (Å²) in [6.07, 6.45) is 0.750. The van der Waals surface area contributed by atoms with Crippen LogP contribution in [0.4, 0.5) is 5.69 Å². The van der Waals surface area contributed by atoms with Gasteiger partial charge in [-0.2, -0.15) is 0 Å². The lowest BCUT2D eigenvalue weighted by Gasteiger charge is -2.27. The standard InChI is InChI=1S/C13H20N2O2S/c1-10(2)9-18(16,17)15-12-7-11-5-3-4-6-13(11)14-8-12/h3-6,10,12,14-15H,7-9H2,1-2H3. The minimum Gasteiger partial charge on any atom is -0.383 e. The minimum absolute atomic E-state index is 0.0522. The molecule has 2 rings (SSSR count). The van der Waals surface area contributed by atoms with Gasteiger partial charge >= 0.3 is 0 Å². The number of anilines is 1. The van der Waals surface area contributed by atoms with Crippen molar-refractivity contribution in [3.05, 3.63) is 29.8 Å². The van der Waals surface area contributed by atoms with Crippen molar-refractivity contribution in [3.8, 4) is 0 Å². The summed E-state index contributed by atoms with van der Waals surface area (Å²) in [4.78, 5) is 0. The SMILES string of the molecule is CC(C)CS(=O)(=O)NC1CNc2ccccc2C1. The van der Waals surface area contributed by atoms with Gasteiger partial charge in [-0.1, -0.05) is 32.0 Å². The average Bonchev–Trinajstić information content (AvgIpc) is 2.26. The Morgan fingerprint density at radius 1 is 1.39 bits per heavy atom. The van der Waals surface area contributed by atoms with Gasteiger partial charge in [-0.15, -0.1) is 0 Å². The predicted octanol–water partition coefficient (Wildman–Crippen LogP) is 1.60. The average molecular weight is 268 g/mol. The third-order valence-corrected chi connectivity index (χ3v) is 4.72. The van der Waals surface area contributed by atoms with Crippen molar-refractivity contribution >= 4 is 15.7 Å². The van der Waals surface area contributed by atoms with Gasteiger partial charge in [-0.05, 0) is 24.0 Å². The van der Waals surface area contributed by atoms with Crippen molar-refractivity contribution in [1.29, 1.82) is 0 Å². The number of rotatable bonds is 4. The van der Waals surface area contributed by atoms with Gasteiger partial charge in [-0.3, -0.25) is 0 Å². The molecule has 1 aromatic carbocycles. The molecular weight excluding hydrogens is 248 g/mol. The van der Waals surface area contributed by atoms with Gasteiger partial charge in [0.05, 0.1) is 5.75 Å². The van der Waals surface area contributed by atoms with Crippen LogP contribution < -0.4 is 10.0 Å². The molecular formula is C13H20N2O2S. The molecule has 1 aliphatic heterocycles. The highest BCUT2D eigenvalue weighted by Crippen LogP contribution is 2.21. The molecule has 100 valence electrons. The van der Waals surface area contributed by atoms with Gasteiger partial charge in [-0.25, -0.2) is 13.1 Å². The van der Waals surface area contributed by atoms with Gasteiger partial charge in [0, 0.05) is 18.3 Å². The molecule has 0 saturated carbocycles. The number of hydrogen-bond donors (Lipinski definition) is 2. The molecule has 1 atom stereocenters. The van der Waals surface area contributed by atoms with E-state index < -0.39 is 10.0 Å². The molecule has 0 fully saturated rings. The van der Waals surface area contributed by atoms with Gasteiger partial charge < -0.3 is 5.32 Å². The molecule has 0 saturated heterocycles. The Morgan fingerprint density at radius 3 is 2.83 bits per heavy atom. The van der Waals surface area contributed by atoms with E-state index in [-0.39, 0.29) is 17.7 Å². The fraction of sp³-hybridized carbons (Fsp3) is 0.538.